The normalized spacial score (nSPS) is 16.4. The van der Waals surface area contributed by atoms with Crippen molar-refractivity contribution in [3.63, 3.8) is 0 Å². The molecule has 1 aliphatic heterocycles. The van der Waals surface area contributed by atoms with Gasteiger partial charge in [0.15, 0.2) is 0 Å². The van der Waals surface area contributed by atoms with Crippen molar-refractivity contribution in [2.75, 3.05) is 13.2 Å². The molecule has 144 valence electrons. The molecule has 0 bridgehead atoms. The van der Waals surface area contributed by atoms with Crippen LogP contribution in [0.3, 0.4) is 0 Å². The largest absolute Gasteiger partial charge is 0.376 e. The van der Waals surface area contributed by atoms with Gasteiger partial charge in [-0.15, -0.1) is 0 Å². The molecule has 1 aliphatic rings. The molecule has 2 heterocycles. The minimum atomic E-state index is -0.400. The number of para-hydroxylation sites is 1. The molecule has 1 amide bonds. The number of aromatic nitrogens is 2. The van der Waals surface area contributed by atoms with E-state index in [0.717, 1.165) is 12.8 Å². The fourth-order valence-corrected chi connectivity index (χ4v) is 3.42. The summed E-state index contributed by atoms with van der Waals surface area (Å²) in [6, 6.07) is 12.5. The molecule has 0 aliphatic carbocycles. The summed E-state index contributed by atoms with van der Waals surface area (Å²) < 4.78 is 18.9. The number of hydrogen-bond donors (Lipinski definition) is 1. The van der Waals surface area contributed by atoms with Crippen LogP contribution in [0.4, 0.5) is 4.39 Å². The predicted octanol–water partition coefficient (Wildman–Crippen LogP) is 2.88. The number of ether oxygens (including phenoxy) is 1. The van der Waals surface area contributed by atoms with Crippen LogP contribution in [0, 0.1) is 5.82 Å². The lowest BCUT2D eigenvalue weighted by Gasteiger charge is -2.25. The Morgan fingerprint density at radius 1 is 1.21 bits per heavy atom. The number of benzene rings is 2. The first-order valence-corrected chi connectivity index (χ1v) is 9.24. The molecule has 1 atom stereocenters. The number of rotatable bonds is 5. The standard InChI is InChI=1S/C21H20FN3O3/c22-15-9-7-14(8-10-15)21(27)25(12-16-4-3-11-28-16)13-19-23-18-6-2-1-5-17(18)20(26)24-19/h1-2,5-10,16H,3-4,11-13H2,(H,23,24,26). The van der Waals surface area contributed by atoms with Gasteiger partial charge in [0.2, 0.25) is 0 Å². The van der Waals surface area contributed by atoms with Crippen molar-refractivity contribution in [3.05, 3.63) is 76.1 Å². The maximum atomic E-state index is 13.2. The van der Waals surface area contributed by atoms with Gasteiger partial charge in [-0.25, -0.2) is 9.37 Å². The zero-order valence-corrected chi connectivity index (χ0v) is 15.2. The average Bonchev–Trinajstić information content (AvgIpc) is 3.21. The van der Waals surface area contributed by atoms with Crippen molar-refractivity contribution in [2.24, 2.45) is 0 Å². The van der Waals surface area contributed by atoms with Gasteiger partial charge in [-0.05, 0) is 49.2 Å². The summed E-state index contributed by atoms with van der Waals surface area (Å²) in [5.74, 6) is -0.258. The van der Waals surface area contributed by atoms with Crippen molar-refractivity contribution < 1.29 is 13.9 Å². The van der Waals surface area contributed by atoms with E-state index in [2.05, 4.69) is 9.97 Å². The molecule has 3 aromatic rings. The smallest absolute Gasteiger partial charge is 0.258 e. The van der Waals surface area contributed by atoms with Crippen LogP contribution in [0.2, 0.25) is 0 Å². The molecule has 1 fully saturated rings. The maximum absolute atomic E-state index is 13.2. The van der Waals surface area contributed by atoms with E-state index < -0.39 is 5.82 Å². The van der Waals surface area contributed by atoms with E-state index in [0.29, 0.717) is 35.4 Å². The van der Waals surface area contributed by atoms with Crippen LogP contribution in [0.1, 0.15) is 29.0 Å². The minimum Gasteiger partial charge on any atom is -0.376 e. The average molecular weight is 381 g/mol. The second kappa shape index (κ2) is 7.90. The van der Waals surface area contributed by atoms with E-state index >= 15 is 0 Å². The molecule has 7 heteroatoms. The lowest BCUT2D eigenvalue weighted by molar-refractivity contribution is 0.0501. The van der Waals surface area contributed by atoms with E-state index in [1.54, 1.807) is 23.1 Å². The first-order valence-electron chi connectivity index (χ1n) is 9.24. The molecule has 6 nitrogen and oxygen atoms in total. The zero-order chi connectivity index (χ0) is 19.5. The van der Waals surface area contributed by atoms with Crippen LogP contribution in [0.25, 0.3) is 10.9 Å². The van der Waals surface area contributed by atoms with Crippen LogP contribution in [0.15, 0.2) is 53.3 Å². The monoisotopic (exact) mass is 381 g/mol. The highest BCUT2D eigenvalue weighted by atomic mass is 19.1. The molecule has 1 saturated heterocycles. The van der Waals surface area contributed by atoms with Crippen LogP contribution in [0.5, 0.6) is 0 Å². The van der Waals surface area contributed by atoms with Gasteiger partial charge in [0.1, 0.15) is 11.6 Å². The van der Waals surface area contributed by atoms with Crippen LogP contribution < -0.4 is 5.56 Å². The Morgan fingerprint density at radius 2 is 2.00 bits per heavy atom. The summed E-state index contributed by atoms with van der Waals surface area (Å²) in [5.41, 5.74) is 0.710. The Morgan fingerprint density at radius 3 is 2.75 bits per heavy atom. The molecule has 0 radical (unpaired) electrons. The van der Waals surface area contributed by atoms with Gasteiger partial charge < -0.3 is 14.6 Å². The number of hydrogen-bond acceptors (Lipinski definition) is 4. The third kappa shape index (κ3) is 3.94. The third-order valence-corrected chi connectivity index (χ3v) is 4.83. The van der Waals surface area contributed by atoms with Gasteiger partial charge in [-0.2, -0.15) is 0 Å². The molecule has 2 aromatic carbocycles. The van der Waals surface area contributed by atoms with Crippen molar-refractivity contribution in [1.82, 2.24) is 14.9 Å². The lowest BCUT2D eigenvalue weighted by Crippen LogP contribution is -2.37. The molecule has 28 heavy (non-hydrogen) atoms. The Hall–Kier alpha value is -3.06. The fraction of sp³-hybridized carbons (Fsp3) is 0.286. The summed E-state index contributed by atoms with van der Waals surface area (Å²) in [5, 5.41) is 0.502. The van der Waals surface area contributed by atoms with E-state index in [-0.39, 0.29) is 24.1 Å². The second-order valence-electron chi connectivity index (χ2n) is 6.86. The summed E-state index contributed by atoms with van der Waals surface area (Å²) >= 11 is 0. The van der Waals surface area contributed by atoms with Crippen molar-refractivity contribution >= 4 is 16.8 Å². The molecule has 1 aromatic heterocycles. The summed E-state index contributed by atoms with van der Waals surface area (Å²) in [6.45, 7) is 1.19. The Kier molecular flexibility index (Phi) is 5.16. The third-order valence-electron chi connectivity index (χ3n) is 4.83. The van der Waals surface area contributed by atoms with Gasteiger partial charge in [-0.1, -0.05) is 12.1 Å². The minimum absolute atomic E-state index is 0.0587. The molecule has 0 saturated carbocycles. The number of fused-ring (bicyclic) bond motifs is 1. The maximum Gasteiger partial charge on any atom is 0.258 e. The number of H-pyrrole nitrogens is 1. The molecular weight excluding hydrogens is 361 g/mol. The summed E-state index contributed by atoms with van der Waals surface area (Å²) in [4.78, 5) is 34.2. The molecule has 1 unspecified atom stereocenters. The van der Waals surface area contributed by atoms with Gasteiger partial charge >= 0.3 is 0 Å². The summed E-state index contributed by atoms with van der Waals surface area (Å²) in [7, 11) is 0. The number of amides is 1. The Balaban J connectivity index is 1.64. The van der Waals surface area contributed by atoms with Crippen molar-refractivity contribution in [2.45, 2.75) is 25.5 Å². The molecule has 0 spiro atoms. The molecular formula is C21H20FN3O3. The molecule has 4 rings (SSSR count). The molecule has 1 N–H and O–H groups in total. The van der Waals surface area contributed by atoms with Gasteiger partial charge in [0.05, 0.1) is 23.6 Å². The number of halogens is 1. The van der Waals surface area contributed by atoms with E-state index in [1.807, 2.05) is 6.07 Å². The summed E-state index contributed by atoms with van der Waals surface area (Å²) in [6.07, 6.45) is 1.76. The van der Waals surface area contributed by atoms with E-state index in [4.69, 9.17) is 4.74 Å². The SMILES string of the molecule is O=C(c1ccc(F)cc1)N(Cc1nc2ccccc2c(=O)[nH]1)CC1CCCO1. The first-order chi connectivity index (χ1) is 13.6. The highest BCUT2D eigenvalue weighted by Crippen LogP contribution is 2.17. The quantitative estimate of drug-likeness (QED) is 0.737. The number of aromatic amines is 1. The Bertz CT molecular complexity index is 1040. The predicted molar refractivity (Wildman–Crippen MR) is 102 cm³/mol. The van der Waals surface area contributed by atoms with E-state index in [9.17, 15) is 14.0 Å². The van der Waals surface area contributed by atoms with Gasteiger partial charge in [-0.3, -0.25) is 9.59 Å². The van der Waals surface area contributed by atoms with Gasteiger partial charge in [0, 0.05) is 18.7 Å². The number of carbonyl (C=O) groups is 1. The zero-order valence-electron chi connectivity index (χ0n) is 15.2. The fourth-order valence-electron chi connectivity index (χ4n) is 3.42. The Labute approximate surface area is 161 Å². The van der Waals surface area contributed by atoms with Crippen LogP contribution >= 0.6 is 0 Å². The van der Waals surface area contributed by atoms with Crippen molar-refractivity contribution in [1.29, 1.82) is 0 Å². The van der Waals surface area contributed by atoms with E-state index in [1.165, 1.54) is 24.3 Å². The highest BCUT2D eigenvalue weighted by molar-refractivity contribution is 5.94. The number of nitrogens with one attached hydrogen (secondary N) is 1. The van der Waals surface area contributed by atoms with Crippen LogP contribution in [-0.4, -0.2) is 40.0 Å². The number of carbonyl (C=O) groups excluding carboxylic acids is 1. The second-order valence-corrected chi connectivity index (χ2v) is 6.86. The number of nitrogens with zero attached hydrogens (tertiary/aromatic N) is 2. The van der Waals surface area contributed by atoms with Crippen molar-refractivity contribution in [3.8, 4) is 0 Å². The lowest BCUT2D eigenvalue weighted by atomic mass is 10.1. The highest BCUT2D eigenvalue weighted by Gasteiger charge is 2.24. The van der Waals surface area contributed by atoms with Crippen LogP contribution in [-0.2, 0) is 11.3 Å². The first kappa shape index (κ1) is 18.3. The van der Waals surface area contributed by atoms with Gasteiger partial charge in [0.25, 0.3) is 11.5 Å². The topological polar surface area (TPSA) is 75.3 Å².